The maximum Gasteiger partial charge on any atom is 0.284 e. The highest BCUT2D eigenvalue weighted by Crippen LogP contribution is 2.20. The summed E-state index contributed by atoms with van der Waals surface area (Å²) in [6.07, 6.45) is -0.0805. The molecule has 1 atom stereocenters. The number of halogens is 1. The van der Waals surface area contributed by atoms with Gasteiger partial charge >= 0.3 is 0 Å². The fourth-order valence-corrected chi connectivity index (χ4v) is 2.69. The lowest BCUT2D eigenvalue weighted by atomic mass is 10.2. The molecule has 1 aliphatic heterocycles. The van der Waals surface area contributed by atoms with E-state index in [1.165, 1.54) is 11.9 Å². The predicted octanol–water partition coefficient (Wildman–Crippen LogP) is 0.0188. The van der Waals surface area contributed by atoms with Gasteiger partial charge in [0.1, 0.15) is 25.1 Å². The number of rotatable bonds is 5. The number of aliphatic hydroxyl groups excluding tert-OH is 1. The quantitative estimate of drug-likeness (QED) is 0.634. The van der Waals surface area contributed by atoms with Crippen LogP contribution in [-0.2, 0) is 6.61 Å². The first-order valence-electron chi connectivity index (χ1n) is 8.04. The number of amides is 2. The second-order valence-electron chi connectivity index (χ2n) is 5.83. The summed E-state index contributed by atoms with van der Waals surface area (Å²) in [5, 5.41) is 13.7. The van der Waals surface area contributed by atoms with Crippen molar-refractivity contribution < 1.29 is 23.9 Å². The van der Waals surface area contributed by atoms with Crippen molar-refractivity contribution in [2.45, 2.75) is 19.8 Å². The third kappa shape index (κ3) is 3.47. The zero-order chi connectivity index (χ0) is 19.6. The molecule has 0 bridgehead atoms. The molecule has 1 aromatic heterocycles. The van der Waals surface area contributed by atoms with Crippen molar-refractivity contribution >= 4 is 11.8 Å². The van der Waals surface area contributed by atoms with Crippen LogP contribution in [-0.4, -0.2) is 34.5 Å². The summed E-state index contributed by atoms with van der Waals surface area (Å²) < 4.78 is 19.3. The summed E-state index contributed by atoms with van der Waals surface area (Å²) in [4.78, 5) is 36.8. The van der Waals surface area contributed by atoms with Crippen LogP contribution in [0.1, 0.15) is 33.3 Å². The number of fused-ring (bicyclic) bond motifs is 1. The van der Waals surface area contributed by atoms with Gasteiger partial charge in [0.05, 0.1) is 0 Å². The third-order valence-corrected chi connectivity index (χ3v) is 4.03. The normalized spacial score (nSPS) is 14.2. The van der Waals surface area contributed by atoms with E-state index in [2.05, 4.69) is 5.32 Å². The highest BCUT2D eigenvalue weighted by Gasteiger charge is 2.32. The number of pyridine rings is 1. The van der Waals surface area contributed by atoms with Gasteiger partial charge in [-0.2, -0.15) is 5.54 Å². The monoisotopic (exact) mass is 376 g/mol. The summed E-state index contributed by atoms with van der Waals surface area (Å²) in [6, 6.07) is 8.86. The minimum absolute atomic E-state index is 0.0499. The summed E-state index contributed by atoms with van der Waals surface area (Å²) in [5.41, 5.74) is -0.0786. The van der Waals surface area contributed by atoms with Crippen molar-refractivity contribution in [1.29, 1.82) is 0 Å². The lowest BCUT2D eigenvalue weighted by Crippen LogP contribution is -2.56. The molecule has 0 radical (unpaired) electrons. The van der Waals surface area contributed by atoms with Crippen molar-refractivity contribution in [3.8, 4) is 5.75 Å². The highest BCUT2D eigenvalue weighted by molar-refractivity contribution is 5.99. The lowest BCUT2D eigenvalue weighted by molar-refractivity contribution is 0.0836. The molecule has 2 aromatic rings. The van der Waals surface area contributed by atoms with E-state index in [1.807, 2.05) is 0 Å². The minimum atomic E-state index is -1.28. The fraction of sp³-hybridized carbons (Fsp3) is 0.235. The van der Waals surface area contributed by atoms with Crippen molar-refractivity contribution in [3.63, 3.8) is 0 Å². The zero-order valence-corrected chi connectivity index (χ0v) is 14.3. The molecule has 2 heterocycles. The largest absolute Gasteiger partial charge is 0.482 e. The van der Waals surface area contributed by atoms with Crippen LogP contribution in [0.25, 0.3) is 0 Å². The van der Waals surface area contributed by atoms with Crippen LogP contribution in [0, 0.1) is 0 Å². The Hall–Kier alpha value is -3.40. The number of carbonyl (C=O) groups is 2. The first-order chi connectivity index (χ1) is 12.9. The molecule has 0 fully saturated rings. The van der Waals surface area contributed by atoms with Crippen molar-refractivity contribution in [2.24, 2.45) is 0 Å². The van der Waals surface area contributed by atoms with Gasteiger partial charge in [-0.15, -0.1) is 0 Å². The number of aliphatic hydroxyl groups is 1. The maximum absolute atomic E-state index is 12.7. The van der Waals surface area contributed by atoms with Gasteiger partial charge < -0.3 is 15.2 Å². The van der Waals surface area contributed by atoms with E-state index in [1.54, 1.807) is 30.3 Å². The molecule has 27 heavy (non-hydrogen) atoms. The zero-order valence-electron chi connectivity index (χ0n) is 14.3. The van der Waals surface area contributed by atoms with Gasteiger partial charge in [0, 0.05) is 6.20 Å². The van der Waals surface area contributed by atoms with Crippen LogP contribution in [0.4, 0.5) is 4.48 Å². The van der Waals surface area contributed by atoms with Crippen molar-refractivity contribution in [1.82, 2.24) is 15.5 Å². The smallest absolute Gasteiger partial charge is 0.284 e. The Morgan fingerprint density at radius 1 is 1.37 bits per heavy atom. The molecule has 3 N–H and O–H groups in total. The molecule has 0 spiro atoms. The van der Waals surface area contributed by atoms with Crippen LogP contribution < -0.4 is 26.0 Å². The number of hydrogen-bond acceptors (Lipinski definition) is 6. The molecule has 2 amide bonds. The molecule has 0 aliphatic carbocycles. The summed E-state index contributed by atoms with van der Waals surface area (Å²) >= 11 is 0. The van der Waals surface area contributed by atoms with Crippen molar-refractivity contribution in [3.05, 3.63) is 63.6 Å². The van der Waals surface area contributed by atoms with Gasteiger partial charge in [0.15, 0.2) is 11.4 Å². The molecule has 142 valence electrons. The van der Waals surface area contributed by atoms with Gasteiger partial charge in [-0.1, -0.05) is 34.8 Å². The Bertz CT molecular complexity index is 929. The Morgan fingerprint density at radius 3 is 2.70 bits per heavy atom. The first kappa shape index (κ1) is 18.4. The van der Waals surface area contributed by atoms with E-state index in [-0.39, 0.29) is 19.0 Å². The van der Waals surface area contributed by atoms with E-state index in [0.29, 0.717) is 0 Å². The number of nitrogens with one attached hydrogen (secondary N) is 2. The standard InChI is InChI=1S/C17H17FN4O5/c1-10(23)22-9-19-17(26)13-15(27-8-11-5-3-2-4-6-11)14(24)12(7-21(13)22)16(25)20-18/h2-7,10,23H,8-9H2,1H3,(H,19,26)(H,20,25). The Morgan fingerprint density at radius 2 is 2.07 bits per heavy atom. The number of hydrogen-bond donors (Lipinski definition) is 3. The third-order valence-electron chi connectivity index (χ3n) is 4.03. The molecule has 10 heteroatoms. The molecular formula is C17H17FN4O5. The summed E-state index contributed by atoms with van der Waals surface area (Å²) in [5.74, 6) is -2.32. The Balaban J connectivity index is 2.14. The van der Waals surface area contributed by atoms with Gasteiger partial charge in [0.25, 0.3) is 11.8 Å². The molecule has 1 aliphatic rings. The number of ether oxygens (including phenoxy) is 1. The number of nitrogens with zero attached hydrogens (tertiary/aromatic N) is 2. The SMILES string of the molecule is CC(O)N1CNC(=O)c2c(OCc3ccccc3)c(=O)c(C(=O)NF)cn21. The molecule has 1 aromatic carbocycles. The average molecular weight is 376 g/mol. The molecule has 0 saturated heterocycles. The van der Waals surface area contributed by atoms with Gasteiger partial charge in [-0.05, 0) is 12.5 Å². The lowest BCUT2D eigenvalue weighted by Gasteiger charge is -2.36. The van der Waals surface area contributed by atoms with Crippen LogP contribution in [0.15, 0.2) is 41.3 Å². The number of aromatic nitrogens is 1. The molecule has 1 unspecified atom stereocenters. The van der Waals surface area contributed by atoms with Crippen molar-refractivity contribution in [2.75, 3.05) is 11.7 Å². The van der Waals surface area contributed by atoms with E-state index in [0.717, 1.165) is 22.0 Å². The molecular weight excluding hydrogens is 359 g/mol. The number of carbonyl (C=O) groups excluding carboxylic acids is 2. The first-order valence-corrected chi connectivity index (χ1v) is 8.04. The molecule has 3 rings (SSSR count). The predicted molar refractivity (Wildman–Crippen MR) is 92.3 cm³/mol. The van der Waals surface area contributed by atoms with E-state index >= 15 is 0 Å². The van der Waals surface area contributed by atoms with E-state index in [4.69, 9.17) is 4.74 Å². The van der Waals surface area contributed by atoms with Crippen LogP contribution in [0.3, 0.4) is 0 Å². The minimum Gasteiger partial charge on any atom is -0.482 e. The fourth-order valence-electron chi connectivity index (χ4n) is 2.69. The molecule has 0 saturated carbocycles. The maximum atomic E-state index is 12.7. The second-order valence-corrected chi connectivity index (χ2v) is 5.83. The van der Waals surface area contributed by atoms with Gasteiger partial charge in [-0.25, -0.2) is 0 Å². The second kappa shape index (κ2) is 7.46. The highest BCUT2D eigenvalue weighted by atomic mass is 19.2. The van der Waals surface area contributed by atoms with Crippen LogP contribution >= 0.6 is 0 Å². The molecule has 9 nitrogen and oxygen atoms in total. The summed E-state index contributed by atoms with van der Waals surface area (Å²) in [6.45, 7) is 1.30. The average Bonchev–Trinajstić information content (AvgIpc) is 2.67. The topological polar surface area (TPSA) is 113 Å². The van der Waals surface area contributed by atoms with E-state index < -0.39 is 34.8 Å². The van der Waals surface area contributed by atoms with Gasteiger partial charge in [0.2, 0.25) is 5.43 Å². The summed E-state index contributed by atoms with van der Waals surface area (Å²) in [7, 11) is 0. The van der Waals surface area contributed by atoms with Crippen LogP contribution in [0.2, 0.25) is 0 Å². The Kier molecular flexibility index (Phi) is 5.08. The Labute approximate surface area is 152 Å². The van der Waals surface area contributed by atoms with E-state index in [9.17, 15) is 24.0 Å². The van der Waals surface area contributed by atoms with Crippen LogP contribution in [0.5, 0.6) is 5.75 Å². The van der Waals surface area contributed by atoms with Gasteiger partial charge in [-0.3, -0.25) is 24.1 Å². The number of benzene rings is 1.